The summed E-state index contributed by atoms with van der Waals surface area (Å²) in [6.07, 6.45) is 2.78. The van der Waals surface area contributed by atoms with Crippen LogP contribution in [0.2, 0.25) is 0 Å². The van der Waals surface area contributed by atoms with Gasteiger partial charge in [0.1, 0.15) is 0 Å². The number of aromatic nitrogens is 2. The highest BCUT2D eigenvalue weighted by atomic mass is 127. The van der Waals surface area contributed by atoms with E-state index < -0.39 is 0 Å². The lowest BCUT2D eigenvalue weighted by Gasteiger charge is -2.20. The third-order valence-corrected chi connectivity index (χ3v) is 5.33. The number of nitrogens with zero attached hydrogens (tertiary/aromatic N) is 4. The Bertz CT molecular complexity index is 780. The maximum atomic E-state index is 5.28. The molecule has 7 nitrogen and oxygen atoms in total. The zero-order valence-corrected chi connectivity index (χ0v) is 21.1. The van der Waals surface area contributed by atoms with Crippen LogP contribution in [0.15, 0.2) is 38.3 Å². The highest BCUT2D eigenvalue weighted by molar-refractivity contribution is 14.0. The fourth-order valence-corrected chi connectivity index (χ4v) is 3.47. The SMILES string of the molecule is CN=C(NCCCc1nc(C(C)C)no1)NC1CCN(c2ccc(Br)cc2)C1.I. The Kier molecular flexibility index (Phi) is 9.67. The summed E-state index contributed by atoms with van der Waals surface area (Å²) in [6, 6.07) is 8.87. The number of rotatable bonds is 7. The van der Waals surface area contributed by atoms with E-state index in [1.54, 1.807) is 0 Å². The van der Waals surface area contributed by atoms with Crippen LogP contribution in [0.3, 0.4) is 0 Å². The van der Waals surface area contributed by atoms with Crippen LogP contribution in [-0.4, -0.2) is 48.8 Å². The second kappa shape index (κ2) is 11.7. The van der Waals surface area contributed by atoms with E-state index in [-0.39, 0.29) is 24.0 Å². The van der Waals surface area contributed by atoms with Crippen LogP contribution >= 0.6 is 39.9 Å². The Hall–Kier alpha value is -1.36. The summed E-state index contributed by atoms with van der Waals surface area (Å²) in [7, 11) is 1.81. The molecule has 9 heteroatoms. The molecule has 0 amide bonds. The van der Waals surface area contributed by atoms with Crippen LogP contribution in [0.4, 0.5) is 5.69 Å². The van der Waals surface area contributed by atoms with Crippen molar-refractivity contribution in [1.29, 1.82) is 0 Å². The molecular formula is C20H30BrIN6O. The van der Waals surface area contributed by atoms with E-state index in [4.69, 9.17) is 4.52 Å². The van der Waals surface area contributed by atoms with Crippen LogP contribution in [-0.2, 0) is 6.42 Å². The van der Waals surface area contributed by atoms with Crippen molar-refractivity contribution in [2.45, 2.75) is 45.1 Å². The van der Waals surface area contributed by atoms with Gasteiger partial charge in [-0.25, -0.2) is 0 Å². The molecule has 160 valence electrons. The van der Waals surface area contributed by atoms with Crippen LogP contribution in [0, 0.1) is 0 Å². The number of halogens is 2. The highest BCUT2D eigenvalue weighted by Crippen LogP contribution is 2.22. The molecule has 1 atom stereocenters. The summed E-state index contributed by atoms with van der Waals surface area (Å²) >= 11 is 3.49. The smallest absolute Gasteiger partial charge is 0.226 e. The molecule has 1 saturated heterocycles. The maximum Gasteiger partial charge on any atom is 0.226 e. The van der Waals surface area contributed by atoms with Crippen molar-refractivity contribution in [2.24, 2.45) is 4.99 Å². The van der Waals surface area contributed by atoms with Crippen molar-refractivity contribution in [3.8, 4) is 0 Å². The lowest BCUT2D eigenvalue weighted by molar-refractivity contribution is 0.368. The largest absolute Gasteiger partial charge is 0.369 e. The van der Waals surface area contributed by atoms with Crippen LogP contribution in [0.5, 0.6) is 0 Å². The Balaban J connectivity index is 0.00000300. The van der Waals surface area contributed by atoms with E-state index in [9.17, 15) is 0 Å². The lowest BCUT2D eigenvalue weighted by Crippen LogP contribution is -2.44. The van der Waals surface area contributed by atoms with E-state index in [0.717, 1.165) is 55.2 Å². The van der Waals surface area contributed by atoms with Crippen LogP contribution < -0.4 is 15.5 Å². The van der Waals surface area contributed by atoms with Crippen LogP contribution in [0.25, 0.3) is 0 Å². The quantitative estimate of drug-likeness (QED) is 0.225. The van der Waals surface area contributed by atoms with Gasteiger partial charge in [0, 0.05) is 55.2 Å². The Labute approximate surface area is 198 Å². The van der Waals surface area contributed by atoms with Gasteiger partial charge in [-0.2, -0.15) is 4.98 Å². The number of guanidine groups is 1. The molecule has 2 heterocycles. The third kappa shape index (κ3) is 7.13. The second-order valence-corrected chi connectivity index (χ2v) is 8.27. The molecule has 3 rings (SSSR count). The third-order valence-electron chi connectivity index (χ3n) is 4.80. The number of nitrogens with one attached hydrogen (secondary N) is 2. The molecule has 0 spiro atoms. The molecule has 1 aliphatic rings. The minimum Gasteiger partial charge on any atom is -0.369 e. The molecule has 1 unspecified atom stereocenters. The second-order valence-electron chi connectivity index (χ2n) is 7.36. The lowest BCUT2D eigenvalue weighted by atomic mass is 10.2. The molecule has 2 N–H and O–H groups in total. The first-order valence-corrected chi connectivity index (χ1v) is 10.6. The van der Waals surface area contributed by atoms with Gasteiger partial charge in [-0.3, -0.25) is 4.99 Å². The Morgan fingerprint density at radius 3 is 2.76 bits per heavy atom. The van der Waals surface area contributed by atoms with Gasteiger partial charge < -0.3 is 20.1 Å². The van der Waals surface area contributed by atoms with E-state index in [1.165, 1.54) is 5.69 Å². The summed E-state index contributed by atoms with van der Waals surface area (Å²) in [6.45, 7) is 6.95. The predicted octanol–water partition coefficient (Wildman–Crippen LogP) is 3.95. The first-order chi connectivity index (χ1) is 13.5. The van der Waals surface area contributed by atoms with E-state index in [2.05, 4.69) is 84.7 Å². The van der Waals surface area contributed by atoms with Crippen LogP contribution in [0.1, 0.15) is 44.3 Å². The monoisotopic (exact) mass is 576 g/mol. The summed E-state index contributed by atoms with van der Waals surface area (Å²) in [5, 5.41) is 10.9. The number of hydrogen-bond donors (Lipinski definition) is 2. The molecule has 0 bridgehead atoms. The van der Waals surface area contributed by atoms with Crippen molar-refractivity contribution < 1.29 is 4.52 Å². The molecule has 2 aromatic rings. The summed E-state index contributed by atoms with van der Waals surface area (Å²) in [5.74, 6) is 2.62. The standard InChI is InChI=1S/C20H29BrN6O.HI/c1-14(2)19-25-18(28-26-19)5-4-11-23-20(22-3)24-16-10-12-27(13-16)17-8-6-15(21)7-9-17;/h6-9,14,16H,4-5,10-13H2,1-3H3,(H2,22,23,24);1H. The molecule has 0 saturated carbocycles. The minimum atomic E-state index is 0. The minimum absolute atomic E-state index is 0. The molecule has 1 aliphatic heterocycles. The molecule has 1 fully saturated rings. The number of aryl methyl sites for hydroxylation is 1. The topological polar surface area (TPSA) is 78.6 Å². The van der Waals surface area contributed by atoms with Gasteiger partial charge in [-0.1, -0.05) is 34.9 Å². The zero-order valence-electron chi connectivity index (χ0n) is 17.2. The molecule has 0 aliphatic carbocycles. The number of benzene rings is 1. The molecule has 1 aromatic carbocycles. The van der Waals surface area contributed by atoms with E-state index in [0.29, 0.717) is 17.9 Å². The normalized spacial score (nSPS) is 16.8. The molecule has 0 radical (unpaired) electrons. The number of aliphatic imine (C=N–C) groups is 1. The first kappa shape index (κ1) is 23.9. The van der Waals surface area contributed by atoms with Gasteiger partial charge in [-0.05, 0) is 37.1 Å². The van der Waals surface area contributed by atoms with Gasteiger partial charge in [0.25, 0.3) is 0 Å². The zero-order chi connectivity index (χ0) is 19.9. The van der Waals surface area contributed by atoms with Crippen molar-refractivity contribution >= 4 is 51.6 Å². The fraction of sp³-hybridized carbons (Fsp3) is 0.550. The van der Waals surface area contributed by atoms with Crippen molar-refractivity contribution in [3.05, 3.63) is 40.5 Å². The van der Waals surface area contributed by atoms with Crippen molar-refractivity contribution in [3.63, 3.8) is 0 Å². The summed E-state index contributed by atoms with van der Waals surface area (Å²) < 4.78 is 6.39. The van der Waals surface area contributed by atoms with E-state index in [1.807, 2.05) is 7.05 Å². The number of anilines is 1. The van der Waals surface area contributed by atoms with E-state index >= 15 is 0 Å². The van der Waals surface area contributed by atoms with Crippen molar-refractivity contribution in [1.82, 2.24) is 20.8 Å². The maximum absolute atomic E-state index is 5.28. The van der Waals surface area contributed by atoms with Gasteiger partial charge in [0.15, 0.2) is 11.8 Å². The Morgan fingerprint density at radius 1 is 1.34 bits per heavy atom. The average Bonchev–Trinajstić information content (AvgIpc) is 3.34. The van der Waals surface area contributed by atoms with Gasteiger partial charge >= 0.3 is 0 Å². The van der Waals surface area contributed by atoms with Gasteiger partial charge in [0.2, 0.25) is 5.89 Å². The molecule has 29 heavy (non-hydrogen) atoms. The van der Waals surface area contributed by atoms with Gasteiger partial charge in [-0.15, -0.1) is 24.0 Å². The number of hydrogen-bond acceptors (Lipinski definition) is 5. The highest BCUT2D eigenvalue weighted by Gasteiger charge is 2.23. The fourth-order valence-electron chi connectivity index (χ4n) is 3.20. The Morgan fingerprint density at radius 2 is 2.10 bits per heavy atom. The summed E-state index contributed by atoms with van der Waals surface area (Å²) in [5.41, 5.74) is 1.26. The summed E-state index contributed by atoms with van der Waals surface area (Å²) in [4.78, 5) is 11.2. The molecular weight excluding hydrogens is 547 g/mol. The van der Waals surface area contributed by atoms with Gasteiger partial charge in [0.05, 0.1) is 0 Å². The van der Waals surface area contributed by atoms with Crippen molar-refractivity contribution in [2.75, 3.05) is 31.6 Å². The predicted molar refractivity (Wildman–Crippen MR) is 131 cm³/mol. The average molecular weight is 577 g/mol. The molecule has 1 aromatic heterocycles. The first-order valence-electron chi connectivity index (χ1n) is 9.85.